The lowest BCUT2D eigenvalue weighted by molar-refractivity contribution is 0.0474. The molecule has 0 aliphatic heterocycles. The number of methoxy groups -OCH3 is 2. The van der Waals surface area contributed by atoms with E-state index >= 15 is 0 Å². The standard InChI is InChI=1S/C23H20O5/c1-26-19-12-13-22(27-2)20(14-19)21(24)15-28-23(25)18-10-8-17(9-11-18)16-6-4-3-5-7-16/h3-14H,15H2,1-2H3. The Labute approximate surface area is 163 Å². The highest BCUT2D eigenvalue weighted by molar-refractivity contribution is 6.01. The van der Waals surface area contributed by atoms with Crippen molar-refractivity contribution in [2.45, 2.75) is 0 Å². The number of benzene rings is 3. The van der Waals surface area contributed by atoms with Gasteiger partial charge in [0, 0.05) is 0 Å². The van der Waals surface area contributed by atoms with Crippen molar-refractivity contribution >= 4 is 11.8 Å². The van der Waals surface area contributed by atoms with Crippen LogP contribution in [0, 0.1) is 0 Å². The largest absolute Gasteiger partial charge is 0.497 e. The minimum Gasteiger partial charge on any atom is -0.497 e. The third-order valence-electron chi connectivity index (χ3n) is 4.27. The molecule has 3 aromatic carbocycles. The summed E-state index contributed by atoms with van der Waals surface area (Å²) in [5, 5.41) is 0. The molecule has 0 unspecified atom stereocenters. The van der Waals surface area contributed by atoms with E-state index in [0.29, 0.717) is 22.6 Å². The summed E-state index contributed by atoms with van der Waals surface area (Å²) in [7, 11) is 2.98. The van der Waals surface area contributed by atoms with E-state index in [2.05, 4.69) is 0 Å². The van der Waals surface area contributed by atoms with Crippen LogP contribution in [0.25, 0.3) is 11.1 Å². The van der Waals surface area contributed by atoms with E-state index in [1.54, 1.807) is 30.3 Å². The van der Waals surface area contributed by atoms with Crippen LogP contribution in [0.2, 0.25) is 0 Å². The molecule has 0 bridgehead atoms. The molecule has 0 saturated carbocycles. The maximum atomic E-state index is 12.5. The van der Waals surface area contributed by atoms with Crippen LogP contribution in [0.15, 0.2) is 72.8 Å². The number of ketones is 1. The van der Waals surface area contributed by atoms with Gasteiger partial charge in [0.1, 0.15) is 11.5 Å². The lowest BCUT2D eigenvalue weighted by Gasteiger charge is -2.10. The topological polar surface area (TPSA) is 61.8 Å². The molecule has 0 spiro atoms. The highest BCUT2D eigenvalue weighted by Crippen LogP contribution is 2.24. The molecule has 0 saturated heterocycles. The summed E-state index contributed by atoms with van der Waals surface area (Å²) in [6.07, 6.45) is 0. The summed E-state index contributed by atoms with van der Waals surface area (Å²) in [4.78, 5) is 24.7. The molecule has 28 heavy (non-hydrogen) atoms. The van der Waals surface area contributed by atoms with Gasteiger partial charge in [0.2, 0.25) is 5.78 Å². The molecule has 0 atom stereocenters. The zero-order chi connectivity index (χ0) is 19.9. The number of ether oxygens (including phenoxy) is 3. The molecular weight excluding hydrogens is 356 g/mol. The maximum absolute atomic E-state index is 12.5. The third kappa shape index (κ3) is 4.38. The van der Waals surface area contributed by atoms with Crippen LogP contribution in [0.3, 0.4) is 0 Å². The average Bonchev–Trinajstić information content (AvgIpc) is 2.77. The van der Waals surface area contributed by atoms with E-state index in [1.165, 1.54) is 14.2 Å². The Kier molecular flexibility index (Phi) is 6.07. The molecule has 3 aromatic rings. The van der Waals surface area contributed by atoms with Crippen LogP contribution in [-0.4, -0.2) is 32.6 Å². The Morgan fingerprint density at radius 3 is 2.11 bits per heavy atom. The van der Waals surface area contributed by atoms with E-state index in [9.17, 15) is 9.59 Å². The molecule has 0 aliphatic rings. The summed E-state index contributed by atoms with van der Waals surface area (Å²) in [6, 6.07) is 21.8. The van der Waals surface area contributed by atoms with Crippen molar-refractivity contribution in [3.63, 3.8) is 0 Å². The fourth-order valence-electron chi connectivity index (χ4n) is 2.75. The molecule has 3 rings (SSSR count). The van der Waals surface area contributed by atoms with Gasteiger partial charge in [0.25, 0.3) is 0 Å². The van der Waals surface area contributed by atoms with Crippen molar-refractivity contribution < 1.29 is 23.8 Å². The number of rotatable bonds is 7. The van der Waals surface area contributed by atoms with E-state index in [1.807, 2.05) is 42.5 Å². The van der Waals surface area contributed by atoms with Crippen LogP contribution in [-0.2, 0) is 4.74 Å². The average molecular weight is 376 g/mol. The normalized spacial score (nSPS) is 10.2. The third-order valence-corrected chi connectivity index (χ3v) is 4.27. The van der Waals surface area contributed by atoms with Crippen LogP contribution >= 0.6 is 0 Å². The SMILES string of the molecule is COc1ccc(OC)c(C(=O)COC(=O)c2ccc(-c3ccccc3)cc2)c1. The van der Waals surface area contributed by atoms with Gasteiger partial charge in [-0.15, -0.1) is 0 Å². The number of carbonyl (C=O) groups excluding carboxylic acids is 2. The lowest BCUT2D eigenvalue weighted by Crippen LogP contribution is -2.15. The Hall–Kier alpha value is -3.60. The first-order chi connectivity index (χ1) is 13.6. The second-order valence-corrected chi connectivity index (χ2v) is 6.01. The van der Waals surface area contributed by atoms with Gasteiger partial charge in [-0.3, -0.25) is 4.79 Å². The second-order valence-electron chi connectivity index (χ2n) is 6.01. The fraction of sp³-hybridized carbons (Fsp3) is 0.130. The van der Waals surface area contributed by atoms with E-state index < -0.39 is 5.97 Å². The zero-order valence-corrected chi connectivity index (χ0v) is 15.7. The maximum Gasteiger partial charge on any atom is 0.338 e. The number of esters is 1. The van der Waals surface area contributed by atoms with Gasteiger partial charge in [-0.25, -0.2) is 4.79 Å². The molecule has 0 amide bonds. The van der Waals surface area contributed by atoms with Gasteiger partial charge in [-0.05, 0) is 41.5 Å². The summed E-state index contributed by atoms with van der Waals surface area (Å²) in [6.45, 7) is -0.386. The first-order valence-corrected chi connectivity index (χ1v) is 8.70. The van der Waals surface area contributed by atoms with Gasteiger partial charge >= 0.3 is 5.97 Å². The van der Waals surface area contributed by atoms with Gasteiger partial charge in [0.15, 0.2) is 6.61 Å². The van der Waals surface area contributed by atoms with Gasteiger partial charge in [-0.1, -0.05) is 42.5 Å². The minimum atomic E-state index is -0.560. The summed E-state index contributed by atoms with van der Waals surface area (Å²) < 4.78 is 15.5. The minimum absolute atomic E-state index is 0.300. The molecule has 142 valence electrons. The monoisotopic (exact) mass is 376 g/mol. The highest BCUT2D eigenvalue weighted by atomic mass is 16.5. The molecule has 0 aliphatic carbocycles. The van der Waals surface area contributed by atoms with Crippen molar-refractivity contribution in [1.29, 1.82) is 0 Å². The van der Waals surface area contributed by atoms with Crippen molar-refractivity contribution in [2.75, 3.05) is 20.8 Å². The molecule has 0 heterocycles. The lowest BCUT2D eigenvalue weighted by atomic mass is 10.0. The number of hydrogen-bond donors (Lipinski definition) is 0. The Morgan fingerprint density at radius 1 is 0.786 bits per heavy atom. The number of Topliss-reactive ketones (excluding diaryl/α,β-unsaturated/α-hetero) is 1. The molecule has 0 radical (unpaired) electrons. The quantitative estimate of drug-likeness (QED) is 0.451. The van der Waals surface area contributed by atoms with Crippen LogP contribution in [0.5, 0.6) is 11.5 Å². The van der Waals surface area contributed by atoms with Gasteiger partial charge in [0.05, 0.1) is 25.3 Å². The Bertz CT molecular complexity index is 962. The summed E-state index contributed by atoms with van der Waals surface area (Å²) >= 11 is 0. The Morgan fingerprint density at radius 2 is 1.46 bits per heavy atom. The first kappa shape index (κ1) is 19.2. The van der Waals surface area contributed by atoms with Crippen LogP contribution in [0.1, 0.15) is 20.7 Å². The summed E-state index contributed by atoms with van der Waals surface area (Å²) in [5.41, 5.74) is 2.73. The number of hydrogen-bond acceptors (Lipinski definition) is 5. The molecular formula is C23H20O5. The van der Waals surface area contributed by atoms with E-state index in [0.717, 1.165) is 11.1 Å². The van der Waals surface area contributed by atoms with Crippen molar-refractivity contribution in [3.8, 4) is 22.6 Å². The fourth-order valence-corrected chi connectivity index (χ4v) is 2.75. The van der Waals surface area contributed by atoms with E-state index in [4.69, 9.17) is 14.2 Å². The van der Waals surface area contributed by atoms with Crippen LogP contribution in [0.4, 0.5) is 0 Å². The number of carbonyl (C=O) groups is 2. The van der Waals surface area contributed by atoms with E-state index in [-0.39, 0.29) is 12.4 Å². The Balaban J connectivity index is 1.66. The zero-order valence-electron chi connectivity index (χ0n) is 15.7. The van der Waals surface area contributed by atoms with Crippen molar-refractivity contribution in [2.24, 2.45) is 0 Å². The van der Waals surface area contributed by atoms with Gasteiger partial charge < -0.3 is 14.2 Å². The van der Waals surface area contributed by atoms with Crippen LogP contribution < -0.4 is 9.47 Å². The van der Waals surface area contributed by atoms with Gasteiger partial charge in [-0.2, -0.15) is 0 Å². The smallest absolute Gasteiger partial charge is 0.338 e. The second kappa shape index (κ2) is 8.86. The highest BCUT2D eigenvalue weighted by Gasteiger charge is 2.16. The summed E-state index contributed by atoms with van der Waals surface area (Å²) in [5.74, 6) is -0.0131. The molecule has 0 fully saturated rings. The molecule has 0 aromatic heterocycles. The predicted molar refractivity (Wildman–Crippen MR) is 106 cm³/mol. The first-order valence-electron chi connectivity index (χ1n) is 8.70. The molecule has 5 nitrogen and oxygen atoms in total. The predicted octanol–water partition coefficient (Wildman–Crippen LogP) is 4.41. The molecule has 0 N–H and O–H groups in total. The van der Waals surface area contributed by atoms with Crippen molar-refractivity contribution in [1.82, 2.24) is 0 Å². The molecule has 5 heteroatoms. The van der Waals surface area contributed by atoms with Crippen molar-refractivity contribution in [3.05, 3.63) is 83.9 Å².